The Morgan fingerprint density at radius 3 is 2.81 bits per heavy atom. The maximum atomic E-state index is 13.4. The lowest BCUT2D eigenvalue weighted by atomic mass is 9.88. The number of amides is 1. The lowest BCUT2D eigenvalue weighted by Gasteiger charge is -2.18. The summed E-state index contributed by atoms with van der Waals surface area (Å²) >= 11 is 2.72. The van der Waals surface area contributed by atoms with Gasteiger partial charge in [-0.25, -0.2) is 14.2 Å². The molecule has 1 amide bonds. The van der Waals surface area contributed by atoms with Crippen molar-refractivity contribution in [3.8, 4) is 11.1 Å². The summed E-state index contributed by atoms with van der Waals surface area (Å²) in [5, 5.41) is 5.49. The fourth-order valence-electron chi connectivity index (χ4n) is 4.50. The number of carbonyl (C=O) groups is 2. The highest BCUT2D eigenvalue weighted by Gasteiger charge is 2.29. The van der Waals surface area contributed by atoms with Crippen molar-refractivity contribution < 1.29 is 18.7 Å². The first-order valence-electron chi connectivity index (χ1n) is 11.7. The molecule has 0 spiro atoms. The lowest BCUT2D eigenvalue weighted by Crippen LogP contribution is -2.28. The Morgan fingerprint density at radius 2 is 2.06 bits per heavy atom. The fraction of sp³-hybridized carbons (Fsp3) is 0.308. The number of aromatic nitrogens is 2. The van der Waals surface area contributed by atoms with Crippen LogP contribution in [0.2, 0.25) is 0 Å². The molecule has 0 aliphatic heterocycles. The summed E-state index contributed by atoms with van der Waals surface area (Å²) in [5.74, 6) is -0.735. The van der Waals surface area contributed by atoms with Crippen LogP contribution in [0.3, 0.4) is 0 Å². The van der Waals surface area contributed by atoms with E-state index in [2.05, 4.69) is 17.2 Å². The van der Waals surface area contributed by atoms with Gasteiger partial charge in [0.1, 0.15) is 22.2 Å². The van der Waals surface area contributed by atoms with Crippen molar-refractivity contribution in [1.29, 1.82) is 0 Å². The van der Waals surface area contributed by atoms with E-state index in [1.807, 2.05) is 0 Å². The molecule has 0 radical (unpaired) electrons. The largest absolute Gasteiger partial charge is 0.462 e. The molecule has 3 aromatic heterocycles. The smallest absolute Gasteiger partial charge is 0.341 e. The average Bonchev–Trinajstić information content (AvgIpc) is 3.43. The minimum atomic E-state index is -0.442. The van der Waals surface area contributed by atoms with Crippen molar-refractivity contribution in [2.24, 2.45) is 5.92 Å². The number of nitrogens with zero attached hydrogens (tertiary/aromatic N) is 2. The number of thiophene rings is 2. The molecule has 1 atom stereocenters. The van der Waals surface area contributed by atoms with Gasteiger partial charge in [-0.3, -0.25) is 14.2 Å². The van der Waals surface area contributed by atoms with E-state index in [4.69, 9.17) is 4.74 Å². The zero-order valence-corrected chi connectivity index (χ0v) is 21.4. The summed E-state index contributed by atoms with van der Waals surface area (Å²) in [5.41, 5.74) is 2.36. The zero-order chi connectivity index (χ0) is 25.4. The number of hydrogen-bond donors (Lipinski definition) is 1. The Morgan fingerprint density at radius 1 is 1.28 bits per heavy atom. The number of halogens is 1. The van der Waals surface area contributed by atoms with E-state index in [1.54, 1.807) is 24.4 Å². The third-order valence-corrected chi connectivity index (χ3v) is 8.33. The van der Waals surface area contributed by atoms with Crippen molar-refractivity contribution in [3.63, 3.8) is 0 Å². The Hall–Kier alpha value is -3.37. The van der Waals surface area contributed by atoms with Gasteiger partial charge < -0.3 is 10.1 Å². The first-order valence-corrected chi connectivity index (χ1v) is 13.4. The number of ether oxygens (including phenoxy) is 1. The Bertz CT molecular complexity index is 1520. The van der Waals surface area contributed by atoms with Crippen LogP contribution in [0.15, 0.2) is 40.8 Å². The Kier molecular flexibility index (Phi) is 6.72. The topological polar surface area (TPSA) is 90.3 Å². The van der Waals surface area contributed by atoms with Crippen molar-refractivity contribution in [2.75, 3.05) is 11.9 Å². The van der Waals surface area contributed by atoms with Crippen LogP contribution < -0.4 is 10.9 Å². The molecule has 36 heavy (non-hydrogen) atoms. The third kappa shape index (κ3) is 4.58. The van der Waals surface area contributed by atoms with Crippen LogP contribution in [0.1, 0.15) is 41.1 Å². The number of rotatable bonds is 6. The van der Waals surface area contributed by atoms with Gasteiger partial charge >= 0.3 is 5.97 Å². The van der Waals surface area contributed by atoms with Gasteiger partial charge in [0.2, 0.25) is 5.91 Å². The summed E-state index contributed by atoms with van der Waals surface area (Å²) in [4.78, 5) is 45.0. The molecule has 1 N–H and O–H groups in total. The monoisotopic (exact) mass is 525 g/mol. The second-order valence-electron chi connectivity index (χ2n) is 8.84. The first-order chi connectivity index (χ1) is 17.4. The average molecular weight is 526 g/mol. The van der Waals surface area contributed by atoms with Gasteiger partial charge in [-0.05, 0) is 55.4 Å². The van der Waals surface area contributed by atoms with Crippen molar-refractivity contribution in [2.45, 2.75) is 39.7 Å². The summed E-state index contributed by atoms with van der Waals surface area (Å²) in [6.07, 6.45) is 3.94. The maximum Gasteiger partial charge on any atom is 0.341 e. The molecule has 3 heterocycles. The Balaban J connectivity index is 1.44. The van der Waals surface area contributed by atoms with Gasteiger partial charge in [-0.1, -0.05) is 19.1 Å². The third-order valence-electron chi connectivity index (χ3n) is 6.27. The zero-order valence-electron chi connectivity index (χ0n) is 19.8. The van der Waals surface area contributed by atoms with E-state index in [9.17, 15) is 18.8 Å². The second kappa shape index (κ2) is 9.94. The number of carbonyl (C=O) groups excluding carboxylic acids is 2. The molecule has 1 aliphatic rings. The van der Waals surface area contributed by atoms with E-state index in [0.717, 1.165) is 29.7 Å². The molecule has 0 saturated heterocycles. The molecule has 186 valence electrons. The van der Waals surface area contributed by atoms with Crippen LogP contribution in [-0.4, -0.2) is 28.0 Å². The summed E-state index contributed by atoms with van der Waals surface area (Å²) < 4.78 is 19.9. The van der Waals surface area contributed by atoms with Gasteiger partial charge in [0.05, 0.1) is 23.9 Å². The highest BCUT2D eigenvalue weighted by Crippen LogP contribution is 2.40. The SMILES string of the molecule is CCOC(=O)c1c(NC(=O)Cn2cnc3scc(-c4ccc(F)cc4)c3c2=O)sc2c1CCC(C)C2. The minimum Gasteiger partial charge on any atom is -0.462 e. The fourth-order valence-corrected chi connectivity index (χ4v) is 6.82. The number of esters is 1. The van der Waals surface area contributed by atoms with E-state index >= 15 is 0 Å². The quantitative estimate of drug-likeness (QED) is 0.347. The lowest BCUT2D eigenvalue weighted by molar-refractivity contribution is -0.116. The van der Waals surface area contributed by atoms with E-state index in [1.165, 1.54) is 45.7 Å². The predicted molar refractivity (Wildman–Crippen MR) is 139 cm³/mol. The predicted octanol–water partition coefficient (Wildman–Crippen LogP) is 5.27. The van der Waals surface area contributed by atoms with Crippen LogP contribution >= 0.6 is 22.7 Å². The van der Waals surface area contributed by atoms with E-state index < -0.39 is 11.9 Å². The Labute approximate surface area is 214 Å². The molecule has 1 aromatic carbocycles. The normalized spacial score (nSPS) is 15.0. The van der Waals surface area contributed by atoms with Crippen LogP contribution in [0, 0.1) is 11.7 Å². The number of anilines is 1. The molecule has 1 unspecified atom stereocenters. The molecule has 5 rings (SSSR count). The summed E-state index contributed by atoms with van der Waals surface area (Å²) in [6.45, 7) is 3.90. The number of hydrogen-bond acceptors (Lipinski definition) is 7. The van der Waals surface area contributed by atoms with Gasteiger partial charge in [0.25, 0.3) is 5.56 Å². The van der Waals surface area contributed by atoms with Crippen LogP contribution in [0.4, 0.5) is 9.39 Å². The molecular formula is C26H24FN3O4S2. The highest BCUT2D eigenvalue weighted by atomic mass is 32.1. The molecule has 10 heteroatoms. The number of benzene rings is 1. The van der Waals surface area contributed by atoms with E-state index in [0.29, 0.717) is 37.8 Å². The molecule has 7 nitrogen and oxygen atoms in total. The van der Waals surface area contributed by atoms with Crippen LogP contribution in [-0.2, 0) is 28.9 Å². The van der Waals surface area contributed by atoms with Crippen molar-refractivity contribution in [3.05, 3.63) is 68.1 Å². The maximum absolute atomic E-state index is 13.4. The molecule has 0 fully saturated rings. The van der Waals surface area contributed by atoms with Gasteiger partial charge in [-0.2, -0.15) is 0 Å². The van der Waals surface area contributed by atoms with Crippen molar-refractivity contribution >= 4 is 49.8 Å². The van der Waals surface area contributed by atoms with E-state index in [-0.39, 0.29) is 24.5 Å². The van der Waals surface area contributed by atoms with Crippen molar-refractivity contribution in [1.82, 2.24) is 9.55 Å². The van der Waals surface area contributed by atoms with Gasteiger partial charge in [-0.15, -0.1) is 22.7 Å². The molecule has 0 bridgehead atoms. The summed E-state index contributed by atoms with van der Waals surface area (Å²) in [7, 11) is 0. The highest BCUT2D eigenvalue weighted by molar-refractivity contribution is 7.17. The van der Waals surface area contributed by atoms with Crippen LogP contribution in [0.5, 0.6) is 0 Å². The van der Waals surface area contributed by atoms with Gasteiger partial charge in [0.15, 0.2) is 0 Å². The van der Waals surface area contributed by atoms with Gasteiger partial charge in [0, 0.05) is 15.8 Å². The summed E-state index contributed by atoms with van der Waals surface area (Å²) in [6, 6.07) is 5.89. The molecular weight excluding hydrogens is 501 g/mol. The number of fused-ring (bicyclic) bond motifs is 2. The molecule has 1 aliphatic carbocycles. The van der Waals surface area contributed by atoms with Crippen LogP contribution in [0.25, 0.3) is 21.3 Å². The molecule has 4 aromatic rings. The standard InChI is InChI=1S/C26H24FN3O4S2/c1-3-34-26(33)22-17-9-4-14(2)10-19(17)36-24(22)29-20(31)11-30-13-28-23-21(25(30)32)18(12-35-23)15-5-7-16(27)8-6-15/h5-8,12-14H,3-4,9-11H2,1-2H3,(H,29,31). The second-order valence-corrected chi connectivity index (χ2v) is 10.8. The molecule has 0 saturated carbocycles. The number of nitrogens with one attached hydrogen (secondary N) is 1. The minimum absolute atomic E-state index is 0.241. The first kappa shape index (κ1) is 24.3.